The van der Waals surface area contributed by atoms with Gasteiger partial charge < -0.3 is 4.74 Å². The Labute approximate surface area is 131 Å². The highest BCUT2D eigenvalue weighted by Gasteiger charge is 2.04. The first-order valence-corrected chi connectivity index (χ1v) is 7.89. The summed E-state index contributed by atoms with van der Waals surface area (Å²) < 4.78 is 6.65. The van der Waals surface area contributed by atoms with Gasteiger partial charge in [-0.05, 0) is 54.4 Å². The van der Waals surface area contributed by atoms with E-state index in [1.165, 1.54) is 11.3 Å². The van der Waals surface area contributed by atoms with Gasteiger partial charge in [0.25, 0.3) is 0 Å². The van der Waals surface area contributed by atoms with E-state index in [9.17, 15) is 0 Å². The molecule has 0 fully saturated rings. The molecule has 0 saturated carbocycles. The third-order valence-corrected chi connectivity index (χ3v) is 3.83. The fraction of sp³-hybridized carbons (Fsp3) is 0.286. The van der Waals surface area contributed by atoms with Crippen molar-refractivity contribution in [1.29, 1.82) is 0 Å². The van der Waals surface area contributed by atoms with Gasteiger partial charge in [-0.2, -0.15) is 5.10 Å². The van der Waals surface area contributed by atoms with Crippen LogP contribution in [0, 0.1) is 6.92 Å². The molecule has 2 aromatic rings. The number of rotatable bonds is 5. The van der Waals surface area contributed by atoms with Crippen LogP contribution < -0.4 is 10.2 Å². The minimum atomic E-state index is 0.134. The molecule has 106 valence electrons. The number of thiazole rings is 1. The van der Waals surface area contributed by atoms with Gasteiger partial charge in [0.15, 0.2) is 0 Å². The number of hydrogen-bond donors (Lipinski definition) is 1. The lowest BCUT2D eigenvalue weighted by Gasteiger charge is -2.11. The van der Waals surface area contributed by atoms with E-state index in [1.54, 1.807) is 6.21 Å². The largest absolute Gasteiger partial charge is 0.490 e. The first kappa shape index (κ1) is 15.0. The van der Waals surface area contributed by atoms with Crippen molar-refractivity contribution in [2.45, 2.75) is 26.9 Å². The highest BCUT2D eigenvalue weighted by atomic mass is 79.9. The zero-order valence-corrected chi connectivity index (χ0v) is 14.0. The Kier molecular flexibility index (Phi) is 5.14. The molecule has 6 heteroatoms. The van der Waals surface area contributed by atoms with E-state index < -0.39 is 0 Å². The molecule has 1 heterocycles. The predicted octanol–water partition coefficient (Wildman–Crippen LogP) is 4.45. The molecular formula is C14H16BrN3OS. The van der Waals surface area contributed by atoms with Crippen LogP contribution in [0.3, 0.4) is 0 Å². The summed E-state index contributed by atoms with van der Waals surface area (Å²) in [5, 5.41) is 6.94. The minimum Gasteiger partial charge on any atom is -0.490 e. The van der Waals surface area contributed by atoms with Crippen molar-refractivity contribution in [2.75, 3.05) is 5.43 Å². The Morgan fingerprint density at radius 3 is 2.90 bits per heavy atom. The Hall–Kier alpha value is -1.40. The number of halogens is 1. The first-order chi connectivity index (χ1) is 9.54. The van der Waals surface area contributed by atoms with Gasteiger partial charge >= 0.3 is 0 Å². The summed E-state index contributed by atoms with van der Waals surface area (Å²) in [6.45, 7) is 5.95. The van der Waals surface area contributed by atoms with Crippen LogP contribution >= 0.6 is 27.3 Å². The van der Waals surface area contributed by atoms with Crippen molar-refractivity contribution in [3.05, 3.63) is 39.3 Å². The normalized spacial score (nSPS) is 11.2. The van der Waals surface area contributed by atoms with E-state index in [0.717, 1.165) is 26.6 Å². The number of aromatic nitrogens is 1. The molecule has 0 aliphatic rings. The van der Waals surface area contributed by atoms with Crippen LogP contribution in [0.2, 0.25) is 0 Å². The third-order valence-electron chi connectivity index (χ3n) is 2.31. The number of hydrazone groups is 1. The van der Waals surface area contributed by atoms with Crippen LogP contribution in [0.15, 0.2) is 33.2 Å². The Morgan fingerprint density at radius 2 is 2.25 bits per heavy atom. The van der Waals surface area contributed by atoms with Gasteiger partial charge in [-0.3, -0.25) is 5.43 Å². The molecule has 1 aromatic carbocycles. The second-order valence-corrected chi connectivity index (χ2v) is 6.23. The van der Waals surface area contributed by atoms with Gasteiger partial charge in [0.05, 0.1) is 22.5 Å². The molecule has 2 rings (SSSR count). The van der Waals surface area contributed by atoms with Crippen LogP contribution in [0.25, 0.3) is 0 Å². The fourth-order valence-corrected chi connectivity index (χ4v) is 2.49. The quantitative estimate of drug-likeness (QED) is 0.638. The number of hydrogen-bond acceptors (Lipinski definition) is 5. The maximum absolute atomic E-state index is 5.71. The van der Waals surface area contributed by atoms with Crippen LogP contribution in [-0.2, 0) is 0 Å². The summed E-state index contributed by atoms with van der Waals surface area (Å²) in [4.78, 5) is 4.27. The van der Waals surface area contributed by atoms with Crippen molar-refractivity contribution < 1.29 is 4.74 Å². The topological polar surface area (TPSA) is 46.5 Å². The number of nitrogens with one attached hydrogen (secondary N) is 1. The van der Waals surface area contributed by atoms with Crippen LogP contribution in [-0.4, -0.2) is 17.3 Å². The van der Waals surface area contributed by atoms with Crippen molar-refractivity contribution in [2.24, 2.45) is 5.10 Å². The molecule has 0 bridgehead atoms. The summed E-state index contributed by atoms with van der Waals surface area (Å²) >= 11 is 5.00. The van der Waals surface area contributed by atoms with Gasteiger partial charge in [0.2, 0.25) is 5.13 Å². The monoisotopic (exact) mass is 353 g/mol. The Bertz CT molecular complexity index is 610. The van der Waals surface area contributed by atoms with Gasteiger partial charge in [-0.25, -0.2) is 4.98 Å². The molecule has 0 aliphatic heterocycles. The average Bonchev–Trinajstić information content (AvgIpc) is 2.78. The zero-order valence-electron chi connectivity index (χ0n) is 11.6. The maximum atomic E-state index is 5.71. The van der Waals surface area contributed by atoms with Crippen molar-refractivity contribution in [3.63, 3.8) is 0 Å². The molecule has 0 aliphatic carbocycles. The number of anilines is 1. The molecule has 0 spiro atoms. The lowest BCUT2D eigenvalue weighted by atomic mass is 10.2. The number of ether oxygens (including phenoxy) is 1. The summed E-state index contributed by atoms with van der Waals surface area (Å²) in [6.07, 6.45) is 1.88. The van der Waals surface area contributed by atoms with Gasteiger partial charge in [-0.15, -0.1) is 11.3 Å². The maximum Gasteiger partial charge on any atom is 0.203 e. The van der Waals surface area contributed by atoms with E-state index >= 15 is 0 Å². The first-order valence-electron chi connectivity index (χ1n) is 6.22. The van der Waals surface area contributed by atoms with E-state index in [1.807, 2.05) is 44.4 Å². The highest BCUT2D eigenvalue weighted by Crippen LogP contribution is 2.26. The van der Waals surface area contributed by atoms with Gasteiger partial charge in [-0.1, -0.05) is 6.07 Å². The lowest BCUT2D eigenvalue weighted by molar-refractivity contribution is 0.241. The summed E-state index contributed by atoms with van der Waals surface area (Å²) in [7, 11) is 0. The van der Waals surface area contributed by atoms with E-state index in [2.05, 4.69) is 31.4 Å². The number of nitrogens with zero attached hydrogens (tertiary/aromatic N) is 2. The molecule has 0 atom stereocenters. The van der Waals surface area contributed by atoms with Crippen molar-refractivity contribution in [3.8, 4) is 5.75 Å². The highest BCUT2D eigenvalue weighted by molar-refractivity contribution is 9.10. The molecule has 0 saturated heterocycles. The molecule has 0 radical (unpaired) electrons. The summed E-state index contributed by atoms with van der Waals surface area (Å²) in [6, 6.07) is 5.87. The third kappa shape index (κ3) is 4.31. The molecule has 0 amide bonds. The van der Waals surface area contributed by atoms with Crippen LogP contribution in [0.4, 0.5) is 5.13 Å². The molecule has 20 heavy (non-hydrogen) atoms. The predicted molar refractivity (Wildman–Crippen MR) is 88.0 cm³/mol. The van der Waals surface area contributed by atoms with Gasteiger partial charge in [0.1, 0.15) is 5.75 Å². The Balaban J connectivity index is 2.05. The van der Waals surface area contributed by atoms with Gasteiger partial charge in [0, 0.05) is 5.38 Å². The smallest absolute Gasteiger partial charge is 0.203 e. The second-order valence-electron chi connectivity index (χ2n) is 4.52. The minimum absolute atomic E-state index is 0.134. The molecule has 1 N–H and O–H groups in total. The van der Waals surface area contributed by atoms with Crippen LogP contribution in [0.1, 0.15) is 25.1 Å². The van der Waals surface area contributed by atoms with Crippen LogP contribution in [0.5, 0.6) is 5.75 Å². The lowest BCUT2D eigenvalue weighted by Crippen LogP contribution is -2.06. The van der Waals surface area contributed by atoms with E-state index in [-0.39, 0.29) is 6.10 Å². The van der Waals surface area contributed by atoms with Crippen molar-refractivity contribution >= 4 is 38.6 Å². The zero-order chi connectivity index (χ0) is 14.5. The molecule has 1 aromatic heterocycles. The van der Waals surface area contributed by atoms with E-state index in [4.69, 9.17) is 4.74 Å². The molecular weight excluding hydrogens is 338 g/mol. The molecule has 0 unspecified atom stereocenters. The second kappa shape index (κ2) is 6.85. The van der Waals surface area contributed by atoms with E-state index in [0.29, 0.717) is 0 Å². The fourth-order valence-electron chi connectivity index (χ4n) is 1.51. The number of benzene rings is 1. The SMILES string of the molecule is Cc1csc(NN=Cc2ccc(Br)c(OC(C)C)c2)n1. The number of aryl methyl sites for hydroxylation is 1. The average molecular weight is 354 g/mol. The Morgan fingerprint density at radius 1 is 1.45 bits per heavy atom. The summed E-state index contributed by atoms with van der Waals surface area (Å²) in [5.41, 5.74) is 4.87. The molecule has 4 nitrogen and oxygen atoms in total. The summed E-state index contributed by atoms with van der Waals surface area (Å²) in [5.74, 6) is 0.814. The van der Waals surface area contributed by atoms with Crippen molar-refractivity contribution in [1.82, 2.24) is 4.98 Å². The standard InChI is InChI=1S/C14H16BrN3OS/c1-9(2)19-13-6-11(4-5-12(13)15)7-16-18-14-17-10(3)8-20-14/h4-9H,1-3H3,(H,17,18).